The highest BCUT2D eigenvalue weighted by Gasteiger charge is 2.56. The lowest BCUT2D eigenvalue weighted by molar-refractivity contribution is -0.776. The number of aryl methyl sites for hydroxylation is 2. The van der Waals surface area contributed by atoms with E-state index in [0.29, 0.717) is 5.75 Å². The minimum Gasteiger partial charge on any atom is -1.00 e. The van der Waals surface area contributed by atoms with Crippen LogP contribution >= 0.6 is 0 Å². The predicted molar refractivity (Wildman–Crippen MR) is 161 cm³/mol. The number of benzene rings is 2. The fourth-order valence-corrected chi connectivity index (χ4v) is 6.08. The van der Waals surface area contributed by atoms with Crippen LogP contribution in [-0.2, 0) is 47.7 Å². The summed E-state index contributed by atoms with van der Waals surface area (Å²) in [6.07, 6.45) is -2.44. The first-order valence-electron chi connectivity index (χ1n) is 14.6. The van der Waals surface area contributed by atoms with Crippen LogP contribution < -0.4 is 26.3 Å². The van der Waals surface area contributed by atoms with E-state index in [-0.39, 0.29) is 23.6 Å². The van der Waals surface area contributed by atoms with E-state index in [2.05, 4.69) is 4.98 Å². The Morgan fingerprint density at radius 3 is 2.02 bits per heavy atom. The number of nitrogens with zero attached hydrogens (tertiary/aromatic N) is 1. The van der Waals surface area contributed by atoms with Gasteiger partial charge in [-0.2, -0.15) is 4.57 Å². The van der Waals surface area contributed by atoms with Gasteiger partial charge in [0, 0.05) is 62.4 Å². The van der Waals surface area contributed by atoms with Crippen molar-refractivity contribution in [2.45, 2.75) is 79.1 Å². The minimum atomic E-state index is -1.30. The van der Waals surface area contributed by atoms with Gasteiger partial charge in [0.25, 0.3) is 0 Å². The number of pyridine rings is 1. The molecule has 1 fully saturated rings. The standard InChI is InChI=1S/C33H34N2O11.BrH/c1-15-25-13-35(11-10-23(25)16(2)29-28(15)24-12-22(42-18(4)37)8-9-26(24)34-29)33-32(45-21(7)40)31(44-20(6)39)30(43-19(5)38)27(46-33)14-41-17(3)36;/h8-13,27,30-33H,14H2,1-7H3;1H/t27-,30-,31-,32-,33-;/m1./s1. The molecule has 1 N–H and O–H groups in total. The Kier molecular flexibility index (Phi) is 10.6. The van der Waals surface area contributed by atoms with Crippen LogP contribution in [0, 0.1) is 13.8 Å². The van der Waals surface area contributed by atoms with Crippen LogP contribution in [0.25, 0.3) is 32.6 Å². The summed E-state index contributed by atoms with van der Waals surface area (Å²) in [6, 6.07) is 7.28. The molecule has 1 aliphatic heterocycles. The van der Waals surface area contributed by atoms with E-state index in [9.17, 15) is 24.0 Å². The zero-order valence-corrected chi connectivity index (χ0v) is 28.5. The van der Waals surface area contributed by atoms with Gasteiger partial charge in [0.1, 0.15) is 18.5 Å². The largest absolute Gasteiger partial charge is 1.00 e. The molecule has 47 heavy (non-hydrogen) atoms. The number of H-pyrrole nitrogens is 1. The summed E-state index contributed by atoms with van der Waals surface area (Å²) >= 11 is 0. The lowest BCUT2D eigenvalue weighted by Gasteiger charge is -2.41. The van der Waals surface area contributed by atoms with Gasteiger partial charge in [-0.05, 0) is 48.6 Å². The van der Waals surface area contributed by atoms with Crippen LogP contribution in [-0.4, -0.2) is 65.9 Å². The van der Waals surface area contributed by atoms with Crippen LogP contribution in [0.5, 0.6) is 5.75 Å². The maximum absolute atomic E-state index is 12.4. The van der Waals surface area contributed by atoms with Crippen LogP contribution in [0.4, 0.5) is 0 Å². The Hall–Kier alpha value is -4.56. The highest BCUT2D eigenvalue weighted by molar-refractivity contribution is 6.16. The van der Waals surface area contributed by atoms with Crippen molar-refractivity contribution in [2.24, 2.45) is 0 Å². The first kappa shape index (κ1) is 35.3. The Labute approximate surface area is 280 Å². The van der Waals surface area contributed by atoms with Crippen molar-refractivity contribution in [3.05, 3.63) is 47.8 Å². The lowest BCUT2D eigenvalue weighted by atomic mass is 9.95. The van der Waals surface area contributed by atoms with E-state index in [0.717, 1.165) is 43.7 Å². The second-order valence-electron chi connectivity index (χ2n) is 11.2. The smallest absolute Gasteiger partial charge is 0.308 e. The third-order valence-electron chi connectivity index (χ3n) is 7.83. The Balaban J connectivity index is 0.00000500. The molecular weight excluding hydrogens is 680 g/mol. The van der Waals surface area contributed by atoms with Crippen LogP contribution in [0.2, 0.25) is 0 Å². The molecule has 4 aromatic rings. The number of fused-ring (bicyclic) bond motifs is 4. The molecule has 0 unspecified atom stereocenters. The number of hydrogen-bond donors (Lipinski definition) is 1. The zero-order chi connectivity index (χ0) is 33.4. The maximum Gasteiger partial charge on any atom is 0.308 e. The summed E-state index contributed by atoms with van der Waals surface area (Å²) in [5, 5.41) is 3.55. The molecule has 1 saturated heterocycles. The zero-order valence-electron chi connectivity index (χ0n) is 26.9. The van der Waals surface area contributed by atoms with E-state index in [1.165, 1.54) is 34.6 Å². The fourth-order valence-electron chi connectivity index (χ4n) is 6.08. The molecule has 0 spiro atoms. The van der Waals surface area contributed by atoms with Crippen molar-refractivity contribution < 1.29 is 73.9 Å². The average Bonchev–Trinajstić information content (AvgIpc) is 3.35. The van der Waals surface area contributed by atoms with Gasteiger partial charge in [-0.3, -0.25) is 24.0 Å². The molecule has 3 heterocycles. The van der Waals surface area contributed by atoms with Gasteiger partial charge in [-0.15, -0.1) is 0 Å². The Morgan fingerprint density at radius 1 is 0.766 bits per heavy atom. The SMILES string of the molecule is CC(=O)OC[C@H]1O[C@@H]([n+]2ccc3c(C)c4[nH]c5ccc(OC(C)=O)cc5c4c(C)c3c2)[C@H](OC(C)=O)[C@H](OC(C)=O)[C@@H]1OC(C)=O.[Br-]. The van der Waals surface area contributed by atoms with E-state index in [4.69, 9.17) is 28.4 Å². The highest BCUT2D eigenvalue weighted by Crippen LogP contribution is 2.38. The van der Waals surface area contributed by atoms with E-state index < -0.39 is 60.5 Å². The molecule has 14 heteroatoms. The quantitative estimate of drug-likeness (QED) is 0.123. The third-order valence-corrected chi connectivity index (χ3v) is 7.83. The van der Waals surface area contributed by atoms with Gasteiger partial charge >= 0.3 is 36.1 Å². The number of rotatable bonds is 7. The molecule has 1 aliphatic rings. The third kappa shape index (κ3) is 7.23. The number of nitrogens with one attached hydrogen (secondary N) is 1. The molecule has 2 aromatic carbocycles. The van der Waals surface area contributed by atoms with Crippen LogP contribution in [0.3, 0.4) is 0 Å². The molecule has 5 rings (SSSR count). The Bertz CT molecular complexity index is 1900. The fraction of sp³-hybridized carbons (Fsp3) is 0.394. The summed E-state index contributed by atoms with van der Waals surface area (Å²) in [4.78, 5) is 63.6. The number of ether oxygens (including phenoxy) is 6. The molecule has 0 saturated carbocycles. The lowest BCUT2D eigenvalue weighted by Crippen LogP contribution is -3.00. The van der Waals surface area contributed by atoms with Gasteiger partial charge < -0.3 is 50.4 Å². The minimum absolute atomic E-state index is 0. The van der Waals surface area contributed by atoms with Crippen LogP contribution in [0.1, 0.15) is 52.0 Å². The van der Waals surface area contributed by atoms with Crippen molar-refractivity contribution in [2.75, 3.05) is 6.61 Å². The Morgan fingerprint density at radius 2 is 1.40 bits per heavy atom. The molecular formula is C33H35BrN2O11. The number of aromatic amines is 1. The maximum atomic E-state index is 12.4. The molecule has 0 amide bonds. The molecule has 5 atom stereocenters. The highest BCUT2D eigenvalue weighted by atomic mass is 79.9. The average molecular weight is 716 g/mol. The number of carbonyl (C=O) groups is 5. The van der Waals surface area contributed by atoms with Crippen LogP contribution in [0.15, 0.2) is 36.7 Å². The number of carbonyl (C=O) groups excluding carboxylic acids is 5. The summed E-state index contributed by atoms with van der Waals surface area (Å²) in [5.74, 6) is -2.72. The molecule has 2 aromatic heterocycles. The van der Waals surface area contributed by atoms with Gasteiger partial charge in [-0.25, -0.2) is 0 Å². The van der Waals surface area contributed by atoms with Crippen molar-refractivity contribution in [3.8, 4) is 5.75 Å². The first-order chi connectivity index (χ1) is 21.7. The van der Waals surface area contributed by atoms with Gasteiger partial charge in [0.15, 0.2) is 24.6 Å². The summed E-state index contributed by atoms with van der Waals surface area (Å²) in [6.45, 7) is 9.73. The van der Waals surface area contributed by atoms with Crippen molar-refractivity contribution in [3.63, 3.8) is 0 Å². The monoisotopic (exact) mass is 714 g/mol. The van der Waals surface area contributed by atoms with Crippen molar-refractivity contribution in [1.29, 1.82) is 0 Å². The number of halogens is 1. The summed E-state index contributed by atoms with van der Waals surface area (Å²) < 4.78 is 35.4. The van der Waals surface area contributed by atoms with Crippen molar-refractivity contribution >= 4 is 62.4 Å². The normalized spacial score (nSPS) is 20.7. The van der Waals surface area contributed by atoms with E-state index in [1.807, 2.05) is 38.2 Å². The molecule has 250 valence electrons. The second kappa shape index (κ2) is 14.1. The van der Waals surface area contributed by atoms with Gasteiger partial charge in [0.05, 0.1) is 5.52 Å². The van der Waals surface area contributed by atoms with Gasteiger partial charge in [-0.1, -0.05) is 0 Å². The molecule has 13 nitrogen and oxygen atoms in total. The second-order valence-corrected chi connectivity index (χ2v) is 11.2. The van der Waals surface area contributed by atoms with E-state index in [1.54, 1.807) is 16.8 Å². The predicted octanol–water partition coefficient (Wildman–Crippen LogP) is 0.564. The number of aromatic nitrogens is 2. The molecule has 0 aliphatic carbocycles. The molecule has 0 radical (unpaired) electrons. The van der Waals surface area contributed by atoms with Gasteiger partial charge in [0.2, 0.25) is 6.10 Å². The van der Waals surface area contributed by atoms with Crippen molar-refractivity contribution in [1.82, 2.24) is 4.98 Å². The number of hydrogen-bond acceptors (Lipinski definition) is 11. The van der Waals surface area contributed by atoms with E-state index >= 15 is 0 Å². The number of esters is 5. The topological polar surface area (TPSA) is 160 Å². The summed E-state index contributed by atoms with van der Waals surface area (Å²) in [7, 11) is 0. The first-order valence-corrected chi connectivity index (χ1v) is 14.6. The molecule has 0 bridgehead atoms. The summed E-state index contributed by atoms with van der Waals surface area (Å²) in [5.41, 5.74) is 3.65.